The fourth-order valence-electron chi connectivity index (χ4n) is 3.70. The van der Waals surface area contributed by atoms with Crippen LogP contribution in [0.1, 0.15) is 27.6 Å². The van der Waals surface area contributed by atoms with Gasteiger partial charge in [-0.05, 0) is 73.7 Å². The Bertz CT molecular complexity index is 1660. The van der Waals surface area contributed by atoms with Crippen molar-refractivity contribution in [1.29, 1.82) is 0 Å². The third-order valence-corrected chi connectivity index (χ3v) is 8.10. The normalized spacial score (nSPS) is 11.9. The number of amides is 1. The molecule has 0 spiro atoms. The fraction of sp³-hybridized carbons (Fsp3) is 0.222. The van der Waals surface area contributed by atoms with E-state index in [0.717, 1.165) is 10.2 Å². The molecule has 4 aromatic rings. The summed E-state index contributed by atoms with van der Waals surface area (Å²) in [5.74, 6) is -0.376. The molecule has 4 rings (SSSR count). The van der Waals surface area contributed by atoms with Crippen molar-refractivity contribution in [3.05, 3.63) is 82.7 Å². The number of hydrogen-bond donors (Lipinski definition) is 1. The molecule has 3 aromatic carbocycles. The lowest BCUT2D eigenvalue weighted by Gasteiger charge is -2.09. The van der Waals surface area contributed by atoms with Crippen LogP contribution in [0.2, 0.25) is 0 Å². The number of nitrogens with one attached hydrogen (secondary N) is 1. The highest BCUT2D eigenvalue weighted by molar-refractivity contribution is 7.92. The van der Waals surface area contributed by atoms with E-state index in [1.54, 1.807) is 44.4 Å². The van der Waals surface area contributed by atoms with Crippen LogP contribution in [0.15, 0.2) is 76.6 Å². The molecule has 0 radical (unpaired) electrons. The predicted octanol–water partition coefficient (Wildman–Crippen LogP) is 4.08. The first-order valence-electron chi connectivity index (χ1n) is 11.9. The first kappa shape index (κ1) is 28.0. The average molecular weight is 570 g/mol. The van der Waals surface area contributed by atoms with Gasteiger partial charge in [0.1, 0.15) is 5.75 Å². The van der Waals surface area contributed by atoms with Gasteiger partial charge in [0.25, 0.3) is 15.9 Å². The third kappa shape index (κ3) is 6.53. The first-order valence-corrected chi connectivity index (χ1v) is 14.2. The summed E-state index contributed by atoms with van der Waals surface area (Å²) < 4.78 is 45.9. The lowest BCUT2D eigenvalue weighted by atomic mass is 10.2. The number of ether oxygens (including phenoxy) is 3. The van der Waals surface area contributed by atoms with Crippen LogP contribution in [0.4, 0.5) is 5.69 Å². The topological polar surface area (TPSA) is 125 Å². The van der Waals surface area contributed by atoms with Crippen molar-refractivity contribution in [1.82, 2.24) is 4.57 Å². The molecule has 1 aromatic heterocycles. The number of carbonyl (C=O) groups excluding carboxylic acids is 2. The summed E-state index contributed by atoms with van der Waals surface area (Å²) in [5.41, 5.74) is 1.80. The van der Waals surface area contributed by atoms with Crippen LogP contribution in [-0.2, 0) is 26.0 Å². The largest absolute Gasteiger partial charge is 0.497 e. The number of hydrogen-bond acceptors (Lipinski definition) is 8. The number of esters is 1. The number of thiazole rings is 1. The fourth-order valence-corrected chi connectivity index (χ4v) is 5.85. The monoisotopic (exact) mass is 569 g/mol. The summed E-state index contributed by atoms with van der Waals surface area (Å²) in [5, 5.41) is 0. The molecule has 0 unspecified atom stereocenters. The predicted molar refractivity (Wildman–Crippen MR) is 148 cm³/mol. The standard InChI is InChI=1S/C27H27N3O7S2/c1-4-37-26(32)19-7-14-23-24(17-19)38-27(30(23)15-16-35-2)28-25(31)18-5-8-20(9-6-18)29-39(33,34)22-12-10-21(36-3)11-13-22/h5-14,17,29H,4,15-16H2,1-3H3. The zero-order valence-corrected chi connectivity index (χ0v) is 23.2. The Kier molecular flexibility index (Phi) is 8.79. The molecule has 0 aliphatic rings. The minimum Gasteiger partial charge on any atom is -0.497 e. The molecule has 204 valence electrons. The molecule has 0 aliphatic heterocycles. The Morgan fingerprint density at radius 3 is 2.31 bits per heavy atom. The summed E-state index contributed by atoms with van der Waals surface area (Å²) in [7, 11) is -0.741. The average Bonchev–Trinajstić information content (AvgIpc) is 3.28. The van der Waals surface area contributed by atoms with Crippen LogP contribution in [0.25, 0.3) is 10.2 Å². The summed E-state index contributed by atoms with van der Waals surface area (Å²) in [6.07, 6.45) is 0. The maximum atomic E-state index is 13.0. The summed E-state index contributed by atoms with van der Waals surface area (Å²) in [4.78, 5) is 30.0. The van der Waals surface area contributed by atoms with Crippen molar-refractivity contribution in [2.24, 2.45) is 4.99 Å². The lowest BCUT2D eigenvalue weighted by Crippen LogP contribution is -2.19. The SMILES string of the molecule is CCOC(=O)c1ccc2c(c1)sc(=NC(=O)c1ccc(NS(=O)(=O)c3ccc(OC)cc3)cc1)n2CCOC. The van der Waals surface area contributed by atoms with Crippen molar-refractivity contribution in [3.63, 3.8) is 0 Å². The van der Waals surface area contributed by atoms with Crippen molar-refractivity contribution in [2.75, 3.05) is 32.2 Å². The highest BCUT2D eigenvalue weighted by atomic mass is 32.2. The number of benzene rings is 3. The molecule has 0 saturated heterocycles. The minimum atomic E-state index is -3.82. The molecule has 1 N–H and O–H groups in total. The molecule has 0 fully saturated rings. The molecule has 0 saturated carbocycles. The van der Waals surface area contributed by atoms with E-state index in [-0.39, 0.29) is 17.1 Å². The molecule has 1 amide bonds. The smallest absolute Gasteiger partial charge is 0.338 e. The van der Waals surface area contributed by atoms with Crippen molar-refractivity contribution >= 4 is 49.1 Å². The van der Waals surface area contributed by atoms with Gasteiger partial charge in [0, 0.05) is 24.9 Å². The number of rotatable bonds is 10. The second kappa shape index (κ2) is 12.2. The Labute approximate surface area is 229 Å². The second-order valence-corrected chi connectivity index (χ2v) is 10.9. The van der Waals surface area contributed by atoms with Gasteiger partial charge in [0.15, 0.2) is 4.80 Å². The Balaban J connectivity index is 1.59. The highest BCUT2D eigenvalue weighted by Crippen LogP contribution is 2.22. The quantitative estimate of drug-likeness (QED) is 0.285. The number of fused-ring (bicyclic) bond motifs is 1. The zero-order valence-electron chi connectivity index (χ0n) is 21.5. The maximum absolute atomic E-state index is 13.0. The molecule has 10 nitrogen and oxygen atoms in total. The van der Waals surface area contributed by atoms with E-state index < -0.39 is 21.9 Å². The van der Waals surface area contributed by atoms with Crippen LogP contribution >= 0.6 is 11.3 Å². The summed E-state index contributed by atoms with van der Waals surface area (Å²) in [6, 6.07) is 17.2. The van der Waals surface area contributed by atoms with Gasteiger partial charge in [0.05, 0.1) is 41.0 Å². The van der Waals surface area contributed by atoms with E-state index in [2.05, 4.69) is 9.71 Å². The first-order chi connectivity index (χ1) is 18.7. The van der Waals surface area contributed by atoms with Crippen LogP contribution in [0.3, 0.4) is 0 Å². The van der Waals surface area contributed by atoms with E-state index in [9.17, 15) is 18.0 Å². The Morgan fingerprint density at radius 1 is 0.974 bits per heavy atom. The number of aromatic nitrogens is 1. The van der Waals surface area contributed by atoms with Crippen molar-refractivity contribution < 1.29 is 32.2 Å². The maximum Gasteiger partial charge on any atom is 0.338 e. The zero-order chi connectivity index (χ0) is 28.0. The highest BCUT2D eigenvalue weighted by Gasteiger charge is 2.16. The number of carbonyl (C=O) groups is 2. The number of methoxy groups -OCH3 is 2. The Morgan fingerprint density at radius 2 is 1.67 bits per heavy atom. The molecule has 12 heteroatoms. The van der Waals surface area contributed by atoms with Gasteiger partial charge in [-0.25, -0.2) is 13.2 Å². The number of anilines is 1. The van der Waals surface area contributed by atoms with E-state index in [4.69, 9.17) is 14.2 Å². The van der Waals surface area contributed by atoms with Crippen molar-refractivity contribution in [2.45, 2.75) is 18.4 Å². The van der Waals surface area contributed by atoms with E-state index in [1.165, 1.54) is 54.8 Å². The number of sulfonamides is 1. The summed E-state index contributed by atoms with van der Waals surface area (Å²) in [6.45, 7) is 2.86. The van der Waals surface area contributed by atoms with E-state index in [0.29, 0.717) is 35.0 Å². The summed E-state index contributed by atoms with van der Waals surface area (Å²) >= 11 is 1.27. The molecule has 0 atom stereocenters. The molecule has 1 heterocycles. The third-order valence-electron chi connectivity index (χ3n) is 5.66. The van der Waals surface area contributed by atoms with Gasteiger partial charge in [-0.3, -0.25) is 9.52 Å². The number of nitrogens with zero attached hydrogens (tertiary/aromatic N) is 2. The molecule has 39 heavy (non-hydrogen) atoms. The second-order valence-electron chi connectivity index (χ2n) is 8.21. The molecule has 0 aliphatic carbocycles. The van der Waals surface area contributed by atoms with Gasteiger partial charge in [-0.2, -0.15) is 4.99 Å². The Hall–Kier alpha value is -4.00. The van der Waals surface area contributed by atoms with Crippen LogP contribution in [0, 0.1) is 0 Å². The van der Waals surface area contributed by atoms with Crippen molar-refractivity contribution in [3.8, 4) is 5.75 Å². The molecular weight excluding hydrogens is 542 g/mol. The van der Waals surface area contributed by atoms with Gasteiger partial charge in [0.2, 0.25) is 0 Å². The van der Waals surface area contributed by atoms with Crippen LogP contribution < -0.4 is 14.3 Å². The molecule has 0 bridgehead atoms. The molecular formula is C27H27N3O7S2. The van der Waals surface area contributed by atoms with Crippen LogP contribution in [0.5, 0.6) is 5.75 Å². The van der Waals surface area contributed by atoms with Gasteiger partial charge in [-0.1, -0.05) is 11.3 Å². The lowest BCUT2D eigenvalue weighted by molar-refractivity contribution is 0.0526. The van der Waals surface area contributed by atoms with E-state index >= 15 is 0 Å². The minimum absolute atomic E-state index is 0.0786. The van der Waals surface area contributed by atoms with Gasteiger partial charge < -0.3 is 18.8 Å². The van der Waals surface area contributed by atoms with Gasteiger partial charge >= 0.3 is 5.97 Å². The van der Waals surface area contributed by atoms with Crippen LogP contribution in [-0.4, -0.2) is 52.3 Å². The van der Waals surface area contributed by atoms with E-state index in [1.807, 2.05) is 4.57 Å². The van der Waals surface area contributed by atoms with Gasteiger partial charge in [-0.15, -0.1) is 0 Å².